The molecule has 0 spiro atoms. The van der Waals surface area contributed by atoms with Crippen molar-refractivity contribution in [1.29, 1.82) is 0 Å². The van der Waals surface area contributed by atoms with Crippen LogP contribution in [0.25, 0.3) is 16.8 Å². The molecule has 2 aromatic carbocycles. The molecular weight excluding hydrogens is 436 g/mol. The fourth-order valence-electron chi connectivity index (χ4n) is 4.58. The quantitative estimate of drug-likeness (QED) is 0.425. The lowest BCUT2D eigenvalue weighted by Crippen LogP contribution is -2.29. The van der Waals surface area contributed by atoms with Gasteiger partial charge in [-0.1, -0.05) is 30.3 Å². The van der Waals surface area contributed by atoms with Gasteiger partial charge in [0.15, 0.2) is 0 Å². The van der Waals surface area contributed by atoms with Crippen LogP contribution in [-0.4, -0.2) is 51.5 Å². The van der Waals surface area contributed by atoms with Gasteiger partial charge in [-0.2, -0.15) is 0 Å². The predicted octanol–water partition coefficient (Wildman–Crippen LogP) is 4.29. The third-order valence-corrected chi connectivity index (χ3v) is 6.43. The summed E-state index contributed by atoms with van der Waals surface area (Å²) in [4.78, 5) is 24.3. The number of rotatable bonds is 7. The van der Waals surface area contributed by atoms with Crippen LogP contribution in [0.1, 0.15) is 28.2 Å². The number of amides is 1. The van der Waals surface area contributed by atoms with Gasteiger partial charge in [-0.3, -0.25) is 14.7 Å². The van der Waals surface area contributed by atoms with E-state index in [1.807, 2.05) is 73.3 Å². The topological polar surface area (TPSA) is 75.1 Å². The maximum absolute atomic E-state index is 13.2. The van der Waals surface area contributed by atoms with Crippen LogP contribution < -0.4 is 10.6 Å². The highest BCUT2D eigenvalue weighted by Crippen LogP contribution is 2.23. The third-order valence-electron chi connectivity index (χ3n) is 6.43. The summed E-state index contributed by atoms with van der Waals surface area (Å²) in [5, 5.41) is 6.45. The van der Waals surface area contributed by atoms with Crippen LogP contribution in [0.2, 0.25) is 0 Å². The monoisotopic (exact) mass is 466 g/mol. The van der Waals surface area contributed by atoms with E-state index in [4.69, 9.17) is 0 Å². The SMILES string of the molecule is CNC1CCN(Cc2cc(NC(=O)c3cc(-c4ccccc4)ccn3)cc(-n3cnc(C)c3)c2)C1. The average molecular weight is 467 g/mol. The van der Waals surface area contributed by atoms with E-state index in [0.717, 1.165) is 59.8 Å². The number of hydrogen-bond donors (Lipinski definition) is 2. The van der Waals surface area contributed by atoms with Gasteiger partial charge in [0.2, 0.25) is 0 Å². The number of nitrogens with one attached hydrogen (secondary N) is 2. The van der Waals surface area contributed by atoms with Gasteiger partial charge in [-0.15, -0.1) is 0 Å². The van der Waals surface area contributed by atoms with Crippen LogP contribution in [0.5, 0.6) is 0 Å². The molecule has 0 radical (unpaired) electrons. The number of nitrogens with zero attached hydrogens (tertiary/aromatic N) is 4. The van der Waals surface area contributed by atoms with Crippen LogP contribution in [0.3, 0.4) is 0 Å². The van der Waals surface area contributed by atoms with E-state index in [0.29, 0.717) is 11.7 Å². The first-order chi connectivity index (χ1) is 17.1. The number of likely N-dealkylation sites (N-methyl/N-ethyl adjacent to an activating group) is 1. The van der Waals surface area contributed by atoms with Gasteiger partial charge in [0, 0.05) is 49.4 Å². The zero-order chi connectivity index (χ0) is 24.2. The molecular formula is C28H30N6O. The lowest BCUT2D eigenvalue weighted by atomic mass is 10.1. The first kappa shape index (κ1) is 23.0. The van der Waals surface area contributed by atoms with Crippen LogP contribution in [0.4, 0.5) is 5.69 Å². The number of imidazole rings is 1. The second kappa shape index (κ2) is 10.2. The van der Waals surface area contributed by atoms with E-state index in [1.54, 1.807) is 12.5 Å². The lowest BCUT2D eigenvalue weighted by Gasteiger charge is -2.18. The minimum atomic E-state index is -0.232. The molecule has 5 rings (SSSR count). The van der Waals surface area contributed by atoms with E-state index in [9.17, 15) is 4.79 Å². The number of pyridine rings is 1. The Balaban J connectivity index is 1.41. The van der Waals surface area contributed by atoms with Crippen LogP contribution in [0, 0.1) is 6.92 Å². The van der Waals surface area contributed by atoms with Crippen molar-refractivity contribution in [3.05, 3.63) is 96.3 Å². The van der Waals surface area contributed by atoms with Gasteiger partial charge in [0.05, 0.1) is 12.0 Å². The summed E-state index contributed by atoms with van der Waals surface area (Å²) in [6.07, 6.45) is 6.61. The van der Waals surface area contributed by atoms with Crippen LogP contribution >= 0.6 is 0 Å². The number of likely N-dealkylation sites (tertiary alicyclic amines) is 1. The molecule has 7 heteroatoms. The van der Waals surface area contributed by atoms with Gasteiger partial charge >= 0.3 is 0 Å². The number of hydrogen-bond acceptors (Lipinski definition) is 5. The van der Waals surface area contributed by atoms with Crippen LogP contribution in [0.15, 0.2) is 79.4 Å². The van der Waals surface area contributed by atoms with Crippen molar-refractivity contribution in [3.63, 3.8) is 0 Å². The first-order valence-corrected chi connectivity index (χ1v) is 11.9. The van der Waals surface area contributed by atoms with Gasteiger partial charge in [-0.05, 0) is 67.4 Å². The summed E-state index contributed by atoms with van der Waals surface area (Å²) < 4.78 is 1.99. The summed E-state index contributed by atoms with van der Waals surface area (Å²) in [7, 11) is 2.02. The Bertz CT molecular complexity index is 1320. The van der Waals surface area contributed by atoms with Crippen molar-refractivity contribution in [2.45, 2.75) is 25.9 Å². The predicted molar refractivity (Wildman–Crippen MR) is 139 cm³/mol. The number of benzene rings is 2. The normalized spacial score (nSPS) is 15.9. The molecule has 3 heterocycles. The van der Waals surface area contributed by atoms with Gasteiger partial charge in [0.1, 0.15) is 5.69 Å². The molecule has 0 aliphatic carbocycles. The molecule has 1 aliphatic heterocycles. The second-order valence-corrected chi connectivity index (χ2v) is 9.07. The molecule has 2 N–H and O–H groups in total. The molecule has 0 bridgehead atoms. The third kappa shape index (κ3) is 5.48. The Morgan fingerprint density at radius 1 is 1.06 bits per heavy atom. The molecule has 1 atom stereocenters. The molecule has 7 nitrogen and oxygen atoms in total. The zero-order valence-corrected chi connectivity index (χ0v) is 20.1. The van der Waals surface area contributed by atoms with Crippen molar-refractivity contribution in [2.75, 3.05) is 25.5 Å². The van der Waals surface area contributed by atoms with E-state index in [-0.39, 0.29) is 5.91 Å². The molecule has 4 aromatic rings. The molecule has 1 aliphatic rings. The summed E-state index contributed by atoms with van der Waals surface area (Å²) >= 11 is 0. The maximum atomic E-state index is 13.2. The van der Waals surface area contributed by atoms with Crippen molar-refractivity contribution in [1.82, 2.24) is 24.8 Å². The molecule has 1 amide bonds. The van der Waals surface area contributed by atoms with Crippen molar-refractivity contribution in [3.8, 4) is 16.8 Å². The molecule has 35 heavy (non-hydrogen) atoms. The number of aromatic nitrogens is 3. The Hall–Kier alpha value is -3.81. The molecule has 1 saturated heterocycles. The van der Waals surface area contributed by atoms with Crippen molar-refractivity contribution in [2.24, 2.45) is 0 Å². The smallest absolute Gasteiger partial charge is 0.274 e. The Morgan fingerprint density at radius 2 is 1.91 bits per heavy atom. The average Bonchev–Trinajstić information content (AvgIpc) is 3.53. The summed E-state index contributed by atoms with van der Waals surface area (Å²) in [6.45, 7) is 4.86. The highest BCUT2D eigenvalue weighted by molar-refractivity contribution is 6.03. The van der Waals surface area contributed by atoms with E-state index >= 15 is 0 Å². The molecule has 1 unspecified atom stereocenters. The summed E-state index contributed by atoms with van der Waals surface area (Å²) in [6, 6.07) is 20.5. The number of carbonyl (C=O) groups is 1. The van der Waals surface area contributed by atoms with E-state index < -0.39 is 0 Å². The Kier molecular flexibility index (Phi) is 6.70. The summed E-state index contributed by atoms with van der Waals surface area (Å²) in [5.74, 6) is -0.232. The summed E-state index contributed by atoms with van der Waals surface area (Å²) in [5.41, 5.74) is 6.19. The van der Waals surface area contributed by atoms with Crippen molar-refractivity contribution < 1.29 is 4.79 Å². The second-order valence-electron chi connectivity index (χ2n) is 9.07. The Morgan fingerprint density at radius 3 is 2.66 bits per heavy atom. The minimum Gasteiger partial charge on any atom is -0.321 e. The highest BCUT2D eigenvalue weighted by atomic mass is 16.1. The molecule has 1 fully saturated rings. The fourth-order valence-corrected chi connectivity index (χ4v) is 4.58. The lowest BCUT2D eigenvalue weighted by molar-refractivity contribution is 0.102. The van der Waals surface area contributed by atoms with E-state index in [2.05, 4.69) is 37.6 Å². The Labute approximate surface area is 205 Å². The van der Waals surface area contributed by atoms with Gasteiger partial charge < -0.3 is 15.2 Å². The van der Waals surface area contributed by atoms with Gasteiger partial charge in [0.25, 0.3) is 5.91 Å². The standard InChI is InChI=1S/C28H30N6O/c1-20-16-34(19-31-20)26-13-21(17-33-11-9-24(18-33)29-2)12-25(15-26)32-28(35)27-14-23(8-10-30-27)22-6-4-3-5-7-22/h3-8,10,12-16,19,24,29H,9,11,17-18H2,1-2H3,(H,32,35). The van der Waals surface area contributed by atoms with E-state index in [1.165, 1.54) is 0 Å². The number of carbonyl (C=O) groups excluding carboxylic acids is 1. The minimum absolute atomic E-state index is 0.232. The largest absolute Gasteiger partial charge is 0.321 e. The first-order valence-electron chi connectivity index (χ1n) is 11.9. The number of aryl methyl sites for hydroxylation is 1. The highest BCUT2D eigenvalue weighted by Gasteiger charge is 2.21. The van der Waals surface area contributed by atoms with Gasteiger partial charge in [-0.25, -0.2) is 4.98 Å². The zero-order valence-electron chi connectivity index (χ0n) is 20.1. The molecule has 178 valence electrons. The fraction of sp³-hybridized carbons (Fsp3) is 0.250. The maximum Gasteiger partial charge on any atom is 0.274 e. The number of anilines is 1. The van der Waals surface area contributed by atoms with Crippen molar-refractivity contribution >= 4 is 11.6 Å². The molecule has 0 saturated carbocycles. The molecule has 2 aromatic heterocycles. The van der Waals surface area contributed by atoms with Crippen LogP contribution in [-0.2, 0) is 6.54 Å².